The van der Waals surface area contributed by atoms with Crippen molar-refractivity contribution in [2.24, 2.45) is 0 Å². The summed E-state index contributed by atoms with van der Waals surface area (Å²) in [5.74, 6) is 0.726. The zero-order valence-corrected chi connectivity index (χ0v) is 12.8. The van der Waals surface area contributed by atoms with E-state index in [9.17, 15) is 4.79 Å². The molecule has 4 heteroatoms. The van der Waals surface area contributed by atoms with Gasteiger partial charge in [-0.1, -0.05) is 40.2 Å². The number of carbonyl (C=O) groups is 1. The molecular formula is C15H13BrO2S. The number of halogens is 1. The van der Waals surface area contributed by atoms with E-state index in [0.29, 0.717) is 5.56 Å². The van der Waals surface area contributed by atoms with Crippen LogP contribution in [0.4, 0.5) is 0 Å². The zero-order valence-electron chi connectivity index (χ0n) is 10.4. The van der Waals surface area contributed by atoms with Gasteiger partial charge in [0.25, 0.3) is 0 Å². The van der Waals surface area contributed by atoms with E-state index in [1.165, 1.54) is 0 Å². The summed E-state index contributed by atoms with van der Waals surface area (Å²) in [4.78, 5) is 13.0. The molecule has 0 atom stereocenters. The van der Waals surface area contributed by atoms with Crippen molar-refractivity contribution >= 4 is 33.5 Å². The first-order valence-electron chi connectivity index (χ1n) is 5.75. The number of para-hydroxylation sites is 1. The topological polar surface area (TPSA) is 26.3 Å². The first kappa shape index (κ1) is 14.2. The molecule has 0 radical (unpaired) electrons. The summed E-state index contributed by atoms with van der Waals surface area (Å²) < 4.78 is 6.55. The minimum Gasteiger partial charge on any atom is -0.484 e. The number of thioether (sulfide) groups is 1. The lowest BCUT2D eigenvalue weighted by atomic mass is 10.1. The van der Waals surface area contributed by atoms with E-state index in [2.05, 4.69) is 15.9 Å². The third-order valence-corrected chi connectivity index (χ3v) is 3.90. The molecule has 0 aliphatic heterocycles. The van der Waals surface area contributed by atoms with Crippen LogP contribution in [0.1, 0.15) is 10.4 Å². The van der Waals surface area contributed by atoms with Gasteiger partial charge in [0.05, 0.1) is 0 Å². The molecule has 0 saturated heterocycles. The van der Waals surface area contributed by atoms with Crippen LogP contribution in [0.15, 0.2) is 57.9 Å². The highest BCUT2D eigenvalue weighted by Crippen LogP contribution is 2.26. The number of hydrogen-bond donors (Lipinski definition) is 0. The molecule has 0 spiro atoms. The number of benzene rings is 2. The summed E-state index contributed by atoms with van der Waals surface area (Å²) in [6.07, 6.45) is 1.98. The Kier molecular flexibility index (Phi) is 5.05. The van der Waals surface area contributed by atoms with Crippen LogP contribution in [0.2, 0.25) is 0 Å². The van der Waals surface area contributed by atoms with Gasteiger partial charge < -0.3 is 4.74 Å². The first-order chi connectivity index (χ1) is 9.20. The Morgan fingerprint density at radius 3 is 2.53 bits per heavy atom. The van der Waals surface area contributed by atoms with Crippen molar-refractivity contribution in [2.45, 2.75) is 4.90 Å². The summed E-state index contributed by atoms with van der Waals surface area (Å²) in [5, 5.41) is 0. The molecular weight excluding hydrogens is 324 g/mol. The molecule has 98 valence electrons. The fraction of sp³-hybridized carbons (Fsp3) is 0.133. The minimum absolute atomic E-state index is 0.0246. The third-order valence-electron chi connectivity index (χ3n) is 2.59. The monoisotopic (exact) mass is 336 g/mol. The average molecular weight is 337 g/mol. The second-order valence-electron chi connectivity index (χ2n) is 3.87. The summed E-state index contributed by atoms with van der Waals surface area (Å²) in [7, 11) is 0. The highest BCUT2D eigenvalue weighted by Gasteiger charge is 2.08. The fourth-order valence-electron chi connectivity index (χ4n) is 1.60. The van der Waals surface area contributed by atoms with Crippen LogP contribution in [0, 0.1) is 0 Å². The second kappa shape index (κ2) is 6.78. The molecule has 19 heavy (non-hydrogen) atoms. The molecule has 2 aromatic rings. The van der Waals surface area contributed by atoms with Gasteiger partial charge in [0.1, 0.15) is 5.75 Å². The van der Waals surface area contributed by atoms with E-state index in [1.807, 2.05) is 42.7 Å². The van der Waals surface area contributed by atoms with E-state index in [1.54, 1.807) is 23.9 Å². The van der Waals surface area contributed by atoms with Gasteiger partial charge in [-0.3, -0.25) is 4.79 Å². The predicted molar refractivity (Wildman–Crippen MR) is 82.2 cm³/mol. The molecule has 0 aliphatic rings. The molecule has 0 aromatic heterocycles. The maximum Gasteiger partial charge on any atom is 0.200 e. The van der Waals surface area contributed by atoms with E-state index < -0.39 is 0 Å². The Hall–Kier alpha value is -1.26. The molecule has 0 heterocycles. The van der Waals surface area contributed by atoms with Crippen molar-refractivity contribution in [1.29, 1.82) is 0 Å². The normalized spacial score (nSPS) is 10.2. The van der Waals surface area contributed by atoms with E-state index >= 15 is 0 Å². The quantitative estimate of drug-likeness (QED) is 0.596. The van der Waals surface area contributed by atoms with Gasteiger partial charge in [-0.25, -0.2) is 0 Å². The molecule has 2 aromatic carbocycles. The van der Waals surface area contributed by atoms with Crippen LogP contribution in [0.5, 0.6) is 5.75 Å². The van der Waals surface area contributed by atoms with Crippen molar-refractivity contribution in [3.63, 3.8) is 0 Å². The lowest BCUT2D eigenvalue weighted by Crippen LogP contribution is -2.11. The van der Waals surface area contributed by atoms with E-state index in [4.69, 9.17) is 4.74 Å². The number of ketones is 1. The van der Waals surface area contributed by atoms with Gasteiger partial charge >= 0.3 is 0 Å². The molecule has 0 N–H and O–H groups in total. The average Bonchev–Trinajstić information content (AvgIpc) is 2.45. The Labute approximate surface area is 125 Å². The lowest BCUT2D eigenvalue weighted by molar-refractivity contribution is 0.0919. The summed E-state index contributed by atoms with van der Waals surface area (Å²) in [6, 6.07) is 15.0. The van der Waals surface area contributed by atoms with Gasteiger partial charge in [0.2, 0.25) is 0 Å². The van der Waals surface area contributed by atoms with E-state index in [-0.39, 0.29) is 12.4 Å². The highest BCUT2D eigenvalue weighted by atomic mass is 79.9. The zero-order chi connectivity index (χ0) is 13.7. The lowest BCUT2D eigenvalue weighted by Gasteiger charge is -2.09. The number of rotatable bonds is 5. The third kappa shape index (κ3) is 3.85. The van der Waals surface area contributed by atoms with Crippen molar-refractivity contribution < 1.29 is 9.53 Å². The highest BCUT2D eigenvalue weighted by molar-refractivity contribution is 9.10. The summed E-state index contributed by atoms with van der Waals surface area (Å²) in [5.41, 5.74) is 0.657. The number of ether oxygens (including phenoxy) is 1. The second-order valence-corrected chi connectivity index (χ2v) is 5.63. The number of carbonyl (C=O) groups excluding carboxylic acids is 1. The Balaban J connectivity index is 2.02. The number of hydrogen-bond acceptors (Lipinski definition) is 3. The van der Waals surface area contributed by atoms with Crippen LogP contribution in [-0.2, 0) is 0 Å². The maximum absolute atomic E-state index is 12.0. The summed E-state index contributed by atoms with van der Waals surface area (Å²) >= 11 is 4.95. The fourth-order valence-corrected chi connectivity index (χ4v) is 2.41. The molecule has 0 amide bonds. The van der Waals surface area contributed by atoms with Gasteiger partial charge in [-0.2, -0.15) is 0 Å². The van der Waals surface area contributed by atoms with Crippen LogP contribution in [-0.4, -0.2) is 18.6 Å². The van der Waals surface area contributed by atoms with Crippen molar-refractivity contribution in [1.82, 2.24) is 0 Å². The molecule has 0 bridgehead atoms. The van der Waals surface area contributed by atoms with Crippen LogP contribution < -0.4 is 4.74 Å². The standard InChI is InChI=1S/C15H13BrO2S/c1-19-15-5-3-2-4-14(15)18-10-13(17)11-6-8-12(16)9-7-11/h2-9H,10H2,1H3. The minimum atomic E-state index is -0.0246. The van der Waals surface area contributed by atoms with Crippen molar-refractivity contribution in [3.8, 4) is 5.75 Å². The van der Waals surface area contributed by atoms with Crippen LogP contribution >= 0.6 is 27.7 Å². The molecule has 2 nitrogen and oxygen atoms in total. The van der Waals surface area contributed by atoms with Gasteiger partial charge in [-0.15, -0.1) is 11.8 Å². The smallest absolute Gasteiger partial charge is 0.200 e. The molecule has 0 aliphatic carbocycles. The van der Waals surface area contributed by atoms with Crippen LogP contribution in [0.3, 0.4) is 0 Å². The molecule has 0 saturated carbocycles. The Morgan fingerprint density at radius 1 is 1.16 bits per heavy atom. The first-order valence-corrected chi connectivity index (χ1v) is 7.77. The SMILES string of the molecule is CSc1ccccc1OCC(=O)c1ccc(Br)cc1. The molecule has 2 rings (SSSR count). The summed E-state index contributed by atoms with van der Waals surface area (Å²) in [6.45, 7) is 0.0548. The molecule has 0 unspecified atom stereocenters. The van der Waals surface area contributed by atoms with Gasteiger partial charge in [0.15, 0.2) is 12.4 Å². The largest absolute Gasteiger partial charge is 0.484 e. The van der Waals surface area contributed by atoms with Gasteiger partial charge in [0, 0.05) is 14.9 Å². The van der Waals surface area contributed by atoms with Gasteiger partial charge in [-0.05, 0) is 30.5 Å². The predicted octanol–water partition coefficient (Wildman–Crippen LogP) is 4.43. The van der Waals surface area contributed by atoms with E-state index in [0.717, 1.165) is 15.1 Å². The van der Waals surface area contributed by atoms with Crippen molar-refractivity contribution in [2.75, 3.05) is 12.9 Å². The Morgan fingerprint density at radius 2 is 1.84 bits per heavy atom. The van der Waals surface area contributed by atoms with Crippen molar-refractivity contribution in [3.05, 3.63) is 58.6 Å². The maximum atomic E-state index is 12.0. The van der Waals surface area contributed by atoms with Crippen LogP contribution in [0.25, 0.3) is 0 Å². The Bertz CT molecular complexity index is 567. The molecule has 0 fully saturated rings. The number of Topliss-reactive ketones (excluding diaryl/α,β-unsaturated/α-hetero) is 1.